The first-order valence-electron chi connectivity index (χ1n) is 7.32. The number of alkyl halides is 3. The smallest absolute Gasteiger partial charge is 0.305 e. The summed E-state index contributed by atoms with van der Waals surface area (Å²) in [5.74, 6) is 0.0848. The van der Waals surface area contributed by atoms with Gasteiger partial charge in [-0.2, -0.15) is 13.2 Å². The third-order valence-electron chi connectivity index (χ3n) is 4.10. The Morgan fingerprint density at radius 2 is 1.95 bits per heavy atom. The molecule has 1 fully saturated rings. The first-order chi connectivity index (χ1) is 9.87. The summed E-state index contributed by atoms with van der Waals surface area (Å²) >= 11 is 0. The molecule has 1 atom stereocenters. The molecular weight excluding hydrogens is 279 g/mol. The van der Waals surface area contributed by atoms with E-state index >= 15 is 0 Å². The van der Waals surface area contributed by atoms with Crippen molar-refractivity contribution in [3.63, 3.8) is 0 Å². The number of Topliss-reactive ketones (excluding diaryl/α,β-unsaturated/α-hetero) is 1. The van der Waals surface area contributed by atoms with Gasteiger partial charge < -0.3 is 5.32 Å². The number of benzene rings is 1. The van der Waals surface area contributed by atoms with Gasteiger partial charge in [0.2, 0.25) is 0 Å². The Morgan fingerprint density at radius 3 is 2.43 bits per heavy atom. The van der Waals surface area contributed by atoms with Crippen LogP contribution in [0.15, 0.2) is 24.3 Å². The lowest BCUT2D eigenvalue weighted by Crippen LogP contribution is -2.48. The molecule has 2 nitrogen and oxygen atoms in total. The van der Waals surface area contributed by atoms with Gasteiger partial charge in [-0.05, 0) is 43.5 Å². The minimum atomic E-state index is -4.33. The van der Waals surface area contributed by atoms with Crippen LogP contribution in [0.1, 0.15) is 43.7 Å². The molecule has 0 saturated carbocycles. The van der Waals surface area contributed by atoms with E-state index in [2.05, 4.69) is 5.32 Å². The molecule has 1 aliphatic heterocycles. The van der Waals surface area contributed by atoms with Crippen molar-refractivity contribution >= 4 is 5.78 Å². The SMILES string of the molecule is CCCC1(C(=O)Cc2ccc(C(F)(F)F)cc2)CCCN1. The van der Waals surface area contributed by atoms with Crippen LogP contribution in [0, 0.1) is 0 Å². The fourth-order valence-corrected chi connectivity index (χ4v) is 2.99. The van der Waals surface area contributed by atoms with E-state index in [1.807, 2.05) is 6.92 Å². The molecule has 21 heavy (non-hydrogen) atoms. The van der Waals surface area contributed by atoms with Crippen LogP contribution < -0.4 is 5.32 Å². The molecule has 0 radical (unpaired) electrons. The number of hydrogen-bond acceptors (Lipinski definition) is 2. The minimum Gasteiger partial charge on any atom is -0.305 e. The van der Waals surface area contributed by atoms with Gasteiger partial charge in [-0.25, -0.2) is 0 Å². The Kier molecular flexibility index (Phi) is 4.71. The average Bonchev–Trinajstić information content (AvgIpc) is 2.89. The van der Waals surface area contributed by atoms with Gasteiger partial charge in [0.25, 0.3) is 0 Å². The first kappa shape index (κ1) is 16.0. The molecule has 1 aromatic rings. The van der Waals surface area contributed by atoms with Crippen LogP contribution in [-0.2, 0) is 17.4 Å². The second-order valence-electron chi connectivity index (χ2n) is 5.66. The minimum absolute atomic E-state index is 0.0848. The summed E-state index contributed by atoms with van der Waals surface area (Å²) in [6.07, 6.45) is -0.665. The Hall–Kier alpha value is -1.36. The number of rotatable bonds is 5. The Bertz CT molecular complexity index is 487. The number of carbonyl (C=O) groups excluding carboxylic acids is 1. The summed E-state index contributed by atoms with van der Waals surface area (Å²) in [6, 6.07) is 4.87. The van der Waals surface area contributed by atoms with Crippen LogP contribution in [-0.4, -0.2) is 17.9 Å². The zero-order valence-corrected chi connectivity index (χ0v) is 12.1. The first-order valence-corrected chi connectivity index (χ1v) is 7.32. The highest BCUT2D eigenvalue weighted by molar-refractivity contribution is 5.90. The summed E-state index contributed by atoms with van der Waals surface area (Å²) < 4.78 is 37.5. The van der Waals surface area contributed by atoms with Crippen molar-refractivity contribution in [3.8, 4) is 0 Å². The number of nitrogens with one attached hydrogen (secondary N) is 1. The lowest BCUT2D eigenvalue weighted by atomic mass is 9.84. The summed E-state index contributed by atoms with van der Waals surface area (Å²) in [5.41, 5.74) is -0.518. The third kappa shape index (κ3) is 3.64. The van der Waals surface area contributed by atoms with E-state index in [0.717, 1.165) is 44.4 Å². The standard InChI is InChI=1S/C16H20F3NO/c1-2-8-15(9-3-10-20-15)14(21)11-12-4-6-13(7-5-12)16(17,18)19/h4-7,20H,2-3,8-11H2,1H3. The predicted octanol–water partition coefficient (Wildman–Crippen LogP) is 3.74. The fraction of sp³-hybridized carbons (Fsp3) is 0.562. The van der Waals surface area contributed by atoms with Crippen molar-refractivity contribution in [2.45, 2.75) is 50.7 Å². The van der Waals surface area contributed by atoms with Crippen molar-refractivity contribution < 1.29 is 18.0 Å². The zero-order valence-electron chi connectivity index (χ0n) is 12.1. The van der Waals surface area contributed by atoms with E-state index in [4.69, 9.17) is 0 Å². The molecule has 0 aliphatic carbocycles. The molecule has 5 heteroatoms. The largest absolute Gasteiger partial charge is 0.416 e. The molecule has 1 unspecified atom stereocenters. The molecule has 0 bridgehead atoms. The lowest BCUT2D eigenvalue weighted by molar-refractivity contribution is -0.137. The summed E-state index contributed by atoms with van der Waals surface area (Å²) in [4.78, 5) is 12.5. The van der Waals surface area contributed by atoms with E-state index in [-0.39, 0.29) is 12.2 Å². The molecular formula is C16H20F3NO. The van der Waals surface area contributed by atoms with Crippen LogP contribution in [0.3, 0.4) is 0 Å². The normalized spacial score (nSPS) is 22.5. The van der Waals surface area contributed by atoms with Crippen molar-refractivity contribution in [1.29, 1.82) is 0 Å². The van der Waals surface area contributed by atoms with Gasteiger partial charge >= 0.3 is 6.18 Å². The van der Waals surface area contributed by atoms with Gasteiger partial charge in [-0.15, -0.1) is 0 Å². The Balaban J connectivity index is 2.08. The topological polar surface area (TPSA) is 29.1 Å². The second kappa shape index (κ2) is 6.18. The second-order valence-corrected chi connectivity index (χ2v) is 5.66. The average molecular weight is 299 g/mol. The fourth-order valence-electron chi connectivity index (χ4n) is 2.99. The van der Waals surface area contributed by atoms with E-state index in [1.165, 1.54) is 12.1 Å². The maximum Gasteiger partial charge on any atom is 0.416 e. The highest BCUT2D eigenvalue weighted by atomic mass is 19.4. The van der Waals surface area contributed by atoms with Gasteiger partial charge in [0, 0.05) is 6.42 Å². The predicted molar refractivity (Wildman–Crippen MR) is 75.0 cm³/mol. The Labute approximate surface area is 122 Å². The van der Waals surface area contributed by atoms with Crippen LogP contribution in [0.4, 0.5) is 13.2 Å². The number of halogens is 3. The molecule has 0 amide bonds. The van der Waals surface area contributed by atoms with Crippen LogP contribution in [0.2, 0.25) is 0 Å². The zero-order chi connectivity index (χ0) is 15.5. The van der Waals surface area contributed by atoms with E-state index in [0.29, 0.717) is 5.56 Å². The Morgan fingerprint density at radius 1 is 1.29 bits per heavy atom. The van der Waals surface area contributed by atoms with Crippen molar-refractivity contribution in [2.24, 2.45) is 0 Å². The number of hydrogen-bond donors (Lipinski definition) is 1. The number of carbonyl (C=O) groups is 1. The van der Waals surface area contributed by atoms with Crippen molar-refractivity contribution in [3.05, 3.63) is 35.4 Å². The van der Waals surface area contributed by atoms with Crippen LogP contribution in [0.5, 0.6) is 0 Å². The lowest BCUT2D eigenvalue weighted by Gasteiger charge is -2.27. The monoisotopic (exact) mass is 299 g/mol. The van der Waals surface area contributed by atoms with Gasteiger partial charge in [0.1, 0.15) is 0 Å². The van der Waals surface area contributed by atoms with Gasteiger partial charge in [-0.1, -0.05) is 25.5 Å². The van der Waals surface area contributed by atoms with Crippen LogP contribution in [0.25, 0.3) is 0 Å². The molecule has 2 rings (SSSR count). The van der Waals surface area contributed by atoms with Crippen molar-refractivity contribution in [1.82, 2.24) is 5.32 Å². The molecule has 0 aromatic heterocycles. The highest BCUT2D eigenvalue weighted by Crippen LogP contribution is 2.30. The van der Waals surface area contributed by atoms with Gasteiger partial charge in [0.15, 0.2) is 5.78 Å². The third-order valence-corrected chi connectivity index (χ3v) is 4.10. The van der Waals surface area contributed by atoms with Crippen molar-refractivity contribution in [2.75, 3.05) is 6.54 Å². The van der Waals surface area contributed by atoms with E-state index < -0.39 is 17.3 Å². The van der Waals surface area contributed by atoms with E-state index in [1.54, 1.807) is 0 Å². The summed E-state index contributed by atoms with van der Waals surface area (Å²) in [5, 5.41) is 3.30. The molecule has 1 heterocycles. The molecule has 0 spiro atoms. The maximum atomic E-state index is 12.5. The molecule has 1 N–H and O–H groups in total. The molecule has 1 aliphatic rings. The van der Waals surface area contributed by atoms with Gasteiger partial charge in [0.05, 0.1) is 11.1 Å². The molecule has 116 valence electrons. The summed E-state index contributed by atoms with van der Waals surface area (Å²) in [6.45, 7) is 2.87. The highest BCUT2D eigenvalue weighted by Gasteiger charge is 2.39. The van der Waals surface area contributed by atoms with E-state index in [9.17, 15) is 18.0 Å². The molecule has 1 aromatic carbocycles. The number of ketones is 1. The quantitative estimate of drug-likeness (QED) is 0.897. The van der Waals surface area contributed by atoms with Crippen LogP contribution >= 0.6 is 0 Å². The summed E-state index contributed by atoms with van der Waals surface area (Å²) in [7, 11) is 0. The molecule has 1 saturated heterocycles. The van der Waals surface area contributed by atoms with Gasteiger partial charge in [-0.3, -0.25) is 4.79 Å². The maximum absolute atomic E-state index is 12.5.